The van der Waals surface area contributed by atoms with E-state index in [0.717, 1.165) is 5.56 Å². The highest BCUT2D eigenvalue weighted by molar-refractivity contribution is 7.89. The van der Waals surface area contributed by atoms with Gasteiger partial charge in [-0.3, -0.25) is 4.79 Å². The number of amides is 1. The minimum Gasteiger partial charge on any atom is -0.495 e. The van der Waals surface area contributed by atoms with Gasteiger partial charge >= 0.3 is 0 Å². The van der Waals surface area contributed by atoms with Gasteiger partial charge < -0.3 is 14.8 Å². The van der Waals surface area contributed by atoms with Crippen LogP contribution in [-0.4, -0.2) is 27.5 Å². The van der Waals surface area contributed by atoms with E-state index < -0.39 is 22.0 Å². The van der Waals surface area contributed by atoms with Crippen LogP contribution in [0.25, 0.3) is 0 Å². The average molecular weight is 469 g/mol. The maximum absolute atomic E-state index is 13.0. The van der Waals surface area contributed by atoms with E-state index in [2.05, 4.69) is 10.0 Å². The Hall–Kier alpha value is -3.36. The number of sulfonamides is 1. The SMILES string of the molecule is COc1ccc(C(C)C)cc1S(=O)(=O)NC(C)C(=O)Nc1ccc(Oc2ccccc2)cc1. The molecule has 1 atom stereocenters. The van der Waals surface area contributed by atoms with Crippen molar-refractivity contribution < 1.29 is 22.7 Å². The van der Waals surface area contributed by atoms with Crippen LogP contribution in [-0.2, 0) is 14.8 Å². The van der Waals surface area contributed by atoms with Gasteiger partial charge in [0, 0.05) is 5.69 Å². The molecule has 7 nitrogen and oxygen atoms in total. The van der Waals surface area contributed by atoms with Gasteiger partial charge in [-0.1, -0.05) is 38.1 Å². The smallest absolute Gasteiger partial charge is 0.244 e. The molecular formula is C25H28N2O5S. The second kappa shape index (κ2) is 10.5. The fraction of sp³-hybridized carbons (Fsp3) is 0.240. The fourth-order valence-electron chi connectivity index (χ4n) is 3.09. The number of carbonyl (C=O) groups excluding carboxylic acids is 1. The van der Waals surface area contributed by atoms with E-state index in [9.17, 15) is 13.2 Å². The molecular weight excluding hydrogens is 440 g/mol. The van der Waals surface area contributed by atoms with Gasteiger partial charge in [-0.05, 0) is 66.9 Å². The molecule has 174 valence electrons. The minimum absolute atomic E-state index is 0.00161. The first-order valence-electron chi connectivity index (χ1n) is 10.5. The summed E-state index contributed by atoms with van der Waals surface area (Å²) >= 11 is 0. The minimum atomic E-state index is -3.99. The van der Waals surface area contributed by atoms with Crippen LogP contribution in [0.15, 0.2) is 77.7 Å². The molecule has 0 aromatic heterocycles. The third-order valence-corrected chi connectivity index (χ3v) is 6.53. The molecule has 8 heteroatoms. The van der Waals surface area contributed by atoms with Gasteiger partial charge in [0.05, 0.1) is 13.2 Å². The number of hydrogen-bond acceptors (Lipinski definition) is 5. The van der Waals surface area contributed by atoms with Gasteiger partial charge in [-0.15, -0.1) is 0 Å². The lowest BCUT2D eigenvalue weighted by atomic mass is 10.0. The summed E-state index contributed by atoms with van der Waals surface area (Å²) in [5, 5.41) is 2.71. The summed E-state index contributed by atoms with van der Waals surface area (Å²) in [6.07, 6.45) is 0. The summed E-state index contributed by atoms with van der Waals surface area (Å²) in [6, 6.07) is 20.2. The van der Waals surface area contributed by atoms with Crippen molar-refractivity contribution in [2.45, 2.75) is 37.6 Å². The number of rotatable bonds is 9. The predicted molar refractivity (Wildman–Crippen MR) is 128 cm³/mol. The third-order valence-electron chi connectivity index (χ3n) is 4.97. The summed E-state index contributed by atoms with van der Waals surface area (Å²) in [4.78, 5) is 12.6. The lowest BCUT2D eigenvalue weighted by Crippen LogP contribution is -2.41. The lowest BCUT2D eigenvalue weighted by Gasteiger charge is -2.17. The van der Waals surface area contributed by atoms with Crippen molar-refractivity contribution in [3.63, 3.8) is 0 Å². The fourth-order valence-corrected chi connectivity index (χ4v) is 4.50. The second-order valence-corrected chi connectivity index (χ2v) is 9.52. The number of nitrogens with one attached hydrogen (secondary N) is 2. The lowest BCUT2D eigenvalue weighted by molar-refractivity contribution is -0.117. The van der Waals surface area contributed by atoms with Gasteiger partial charge in [0.15, 0.2) is 0 Å². The molecule has 0 saturated heterocycles. The molecule has 0 radical (unpaired) electrons. The van der Waals surface area contributed by atoms with E-state index in [-0.39, 0.29) is 16.6 Å². The molecule has 0 aliphatic carbocycles. The highest BCUT2D eigenvalue weighted by Crippen LogP contribution is 2.28. The van der Waals surface area contributed by atoms with Gasteiger partial charge in [0.2, 0.25) is 15.9 Å². The molecule has 1 unspecified atom stereocenters. The first-order valence-corrected chi connectivity index (χ1v) is 12.0. The van der Waals surface area contributed by atoms with Crippen LogP contribution in [0, 0.1) is 0 Å². The molecule has 3 rings (SSSR count). The zero-order chi connectivity index (χ0) is 24.0. The summed E-state index contributed by atoms with van der Waals surface area (Å²) in [5.74, 6) is 1.18. The summed E-state index contributed by atoms with van der Waals surface area (Å²) in [6.45, 7) is 5.42. The molecule has 3 aromatic carbocycles. The Bertz CT molecular complexity index is 1190. The van der Waals surface area contributed by atoms with Gasteiger partial charge in [0.25, 0.3) is 0 Å². The molecule has 3 aromatic rings. The normalized spacial score (nSPS) is 12.3. The second-order valence-electron chi connectivity index (χ2n) is 7.84. The van der Waals surface area contributed by atoms with Crippen LogP contribution in [0.2, 0.25) is 0 Å². The Balaban J connectivity index is 1.67. The summed E-state index contributed by atoms with van der Waals surface area (Å²) < 4.78 is 39.4. The zero-order valence-corrected chi connectivity index (χ0v) is 19.8. The molecule has 0 fully saturated rings. The van der Waals surface area contributed by atoms with Crippen molar-refractivity contribution >= 4 is 21.6 Å². The molecule has 1 amide bonds. The van der Waals surface area contributed by atoms with Crippen LogP contribution in [0.1, 0.15) is 32.3 Å². The van der Waals surface area contributed by atoms with E-state index in [0.29, 0.717) is 17.2 Å². The van der Waals surface area contributed by atoms with E-state index in [1.807, 2.05) is 50.2 Å². The average Bonchev–Trinajstić information content (AvgIpc) is 2.80. The van der Waals surface area contributed by atoms with Crippen molar-refractivity contribution in [2.75, 3.05) is 12.4 Å². The van der Waals surface area contributed by atoms with Crippen LogP contribution < -0.4 is 19.5 Å². The van der Waals surface area contributed by atoms with Crippen molar-refractivity contribution in [1.29, 1.82) is 0 Å². The third kappa shape index (κ3) is 6.34. The first-order chi connectivity index (χ1) is 15.7. The Morgan fingerprint density at radius 2 is 1.52 bits per heavy atom. The van der Waals surface area contributed by atoms with Crippen molar-refractivity contribution in [3.8, 4) is 17.2 Å². The van der Waals surface area contributed by atoms with Crippen LogP contribution >= 0.6 is 0 Å². The van der Waals surface area contributed by atoms with E-state index in [4.69, 9.17) is 9.47 Å². The van der Waals surface area contributed by atoms with Gasteiger partial charge in [0.1, 0.15) is 22.1 Å². The van der Waals surface area contributed by atoms with E-state index >= 15 is 0 Å². The Morgan fingerprint density at radius 3 is 2.12 bits per heavy atom. The Kier molecular flexibility index (Phi) is 7.73. The van der Waals surface area contributed by atoms with E-state index in [1.54, 1.807) is 36.4 Å². The molecule has 2 N–H and O–H groups in total. The molecule has 0 aliphatic rings. The standard InChI is InChI=1S/C25H28N2O5S/c1-17(2)19-10-15-23(31-4)24(16-19)33(29,30)27-18(3)25(28)26-20-11-13-22(14-12-20)32-21-8-6-5-7-9-21/h5-18,27H,1-4H3,(H,26,28). The van der Waals surface area contributed by atoms with Gasteiger partial charge in [-0.25, -0.2) is 8.42 Å². The van der Waals surface area contributed by atoms with Crippen LogP contribution in [0.4, 0.5) is 5.69 Å². The van der Waals surface area contributed by atoms with Crippen LogP contribution in [0.5, 0.6) is 17.2 Å². The molecule has 0 bridgehead atoms. The van der Waals surface area contributed by atoms with Crippen LogP contribution in [0.3, 0.4) is 0 Å². The molecule has 0 heterocycles. The Labute approximate surface area is 194 Å². The molecule has 0 saturated carbocycles. The highest BCUT2D eigenvalue weighted by Gasteiger charge is 2.26. The topological polar surface area (TPSA) is 93.7 Å². The first kappa shape index (κ1) is 24.3. The van der Waals surface area contributed by atoms with Crippen molar-refractivity contribution in [1.82, 2.24) is 4.72 Å². The number of para-hydroxylation sites is 1. The number of ether oxygens (including phenoxy) is 2. The quantitative estimate of drug-likeness (QED) is 0.465. The summed E-state index contributed by atoms with van der Waals surface area (Å²) in [5.41, 5.74) is 1.37. The monoisotopic (exact) mass is 468 g/mol. The number of methoxy groups -OCH3 is 1. The number of anilines is 1. The van der Waals surface area contributed by atoms with Crippen molar-refractivity contribution in [2.24, 2.45) is 0 Å². The predicted octanol–water partition coefficient (Wildman–Crippen LogP) is 4.92. The van der Waals surface area contributed by atoms with Crippen molar-refractivity contribution in [3.05, 3.63) is 78.4 Å². The largest absolute Gasteiger partial charge is 0.495 e. The summed E-state index contributed by atoms with van der Waals surface area (Å²) in [7, 11) is -2.59. The van der Waals surface area contributed by atoms with E-state index in [1.165, 1.54) is 14.0 Å². The highest BCUT2D eigenvalue weighted by atomic mass is 32.2. The maximum Gasteiger partial charge on any atom is 0.244 e. The number of benzene rings is 3. The zero-order valence-electron chi connectivity index (χ0n) is 19.0. The Morgan fingerprint density at radius 1 is 0.879 bits per heavy atom. The number of hydrogen-bond donors (Lipinski definition) is 2. The number of carbonyl (C=O) groups is 1. The maximum atomic E-state index is 13.0. The molecule has 33 heavy (non-hydrogen) atoms. The molecule has 0 aliphatic heterocycles. The van der Waals surface area contributed by atoms with Gasteiger partial charge in [-0.2, -0.15) is 4.72 Å². The molecule has 0 spiro atoms.